The Kier molecular flexibility index (Phi) is 5.62. The van der Waals surface area contributed by atoms with Gasteiger partial charge in [0.25, 0.3) is 0 Å². The smallest absolute Gasteiger partial charge is 0.240 e. The molecule has 0 aromatic heterocycles. The van der Waals surface area contributed by atoms with Gasteiger partial charge in [-0.2, -0.15) is 0 Å². The van der Waals surface area contributed by atoms with Crippen LogP contribution < -0.4 is 10.6 Å². The highest BCUT2D eigenvalue weighted by molar-refractivity contribution is 5.86. The van der Waals surface area contributed by atoms with Gasteiger partial charge in [0, 0.05) is 13.1 Å². The number of benzene rings is 1. The van der Waals surface area contributed by atoms with Gasteiger partial charge in [0.1, 0.15) is 5.75 Å². The molecule has 2 rings (SSSR count). The molecule has 116 valence electrons. The van der Waals surface area contributed by atoms with Gasteiger partial charge < -0.3 is 10.4 Å². The molecule has 4 nitrogen and oxygen atoms in total. The Bertz CT molecular complexity index is 450. The van der Waals surface area contributed by atoms with E-state index in [1.807, 2.05) is 12.1 Å². The molecule has 1 amide bonds. The number of phenolic OH excluding ortho intramolecular Hbond substituents is 1. The van der Waals surface area contributed by atoms with Crippen LogP contribution in [-0.4, -0.2) is 23.1 Å². The van der Waals surface area contributed by atoms with Gasteiger partial charge in [-0.15, -0.1) is 0 Å². The Morgan fingerprint density at radius 2 is 1.86 bits per heavy atom. The Labute approximate surface area is 126 Å². The van der Waals surface area contributed by atoms with Crippen LogP contribution in [0.5, 0.6) is 5.75 Å². The predicted molar refractivity (Wildman–Crippen MR) is 84.1 cm³/mol. The zero-order chi connectivity index (χ0) is 15.1. The van der Waals surface area contributed by atoms with Gasteiger partial charge in [0.2, 0.25) is 5.91 Å². The van der Waals surface area contributed by atoms with E-state index in [2.05, 4.69) is 17.6 Å². The summed E-state index contributed by atoms with van der Waals surface area (Å²) in [6.45, 7) is 3.46. The molecule has 0 saturated heterocycles. The predicted octanol–water partition coefficient (Wildman–Crippen LogP) is 2.71. The minimum absolute atomic E-state index is 0.142. The molecule has 21 heavy (non-hydrogen) atoms. The Hall–Kier alpha value is -1.55. The summed E-state index contributed by atoms with van der Waals surface area (Å²) in [6, 6.07) is 7.15. The summed E-state index contributed by atoms with van der Waals surface area (Å²) < 4.78 is 0. The summed E-state index contributed by atoms with van der Waals surface area (Å²) in [4.78, 5) is 12.5. The van der Waals surface area contributed by atoms with Crippen LogP contribution in [0, 0.1) is 0 Å². The average Bonchev–Trinajstić information content (AvgIpc) is 2.53. The van der Waals surface area contributed by atoms with Crippen molar-refractivity contribution in [3.05, 3.63) is 29.8 Å². The normalized spacial score (nSPS) is 17.4. The first kappa shape index (κ1) is 15.8. The van der Waals surface area contributed by atoms with Crippen molar-refractivity contribution in [1.82, 2.24) is 10.6 Å². The highest BCUT2D eigenvalue weighted by Gasteiger charge is 2.38. The third-order valence-corrected chi connectivity index (χ3v) is 4.24. The van der Waals surface area contributed by atoms with Crippen molar-refractivity contribution in [2.24, 2.45) is 0 Å². The van der Waals surface area contributed by atoms with Crippen LogP contribution in [0.25, 0.3) is 0 Å². The maximum atomic E-state index is 12.5. The maximum Gasteiger partial charge on any atom is 0.240 e. The van der Waals surface area contributed by atoms with Crippen molar-refractivity contribution in [2.75, 3.05) is 6.54 Å². The monoisotopic (exact) mass is 290 g/mol. The summed E-state index contributed by atoms with van der Waals surface area (Å²) >= 11 is 0. The average molecular weight is 290 g/mol. The molecule has 1 aromatic carbocycles. The van der Waals surface area contributed by atoms with Gasteiger partial charge in [0.05, 0.1) is 5.54 Å². The van der Waals surface area contributed by atoms with Crippen LogP contribution in [-0.2, 0) is 11.3 Å². The number of aromatic hydroxyl groups is 1. The Morgan fingerprint density at radius 3 is 2.48 bits per heavy atom. The van der Waals surface area contributed by atoms with E-state index in [9.17, 15) is 9.90 Å². The number of amides is 1. The highest BCUT2D eigenvalue weighted by atomic mass is 16.3. The lowest BCUT2D eigenvalue weighted by atomic mass is 9.80. The summed E-state index contributed by atoms with van der Waals surface area (Å²) in [7, 11) is 0. The highest BCUT2D eigenvalue weighted by Crippen LogP contribution is 2.29. The molecule has 0 bridgehead atoms. The molecule has 1 aliphatic rings. The fraction of sp³-hybridized carbons (Fsp3) is 0.588. The summed E-state index contributed by atoms with van der Waals surface area (Å²) in [5.41, 5.74) is 0.659. The lowest BCUT2D eigenvalue weighted by Crippen LogP contribution is -2.57. The molecule has 1 aromatic rings. The van der Waals surface area contributed by atoms with Crippen molar-refractivity contribution >= 4 is 5.91 Å². The van der Waals surface area contributed by atoms with Crippen molar-refractivity contribution in [3.63, 3.8) is 0 Å². The van der Waals surface area contributed by atoms with Gasteiger partial charge in [-0.25, -0.2) is 0 Å². The van der Waals surface area contributed by atoms with Gasteiger partial charge >= 0.3 is 0 Å². The van der Waals surface area contributed by atoms with E-state index < -0.39 is 5.54 Å². The molecule has 0 heterocycles. The molecular weight excluding hydrogens is 264 g/mol. The molecule has 1 fully saturated rings. The molecule has 3 N–H and O–H groups in total. The first-order chi connectivity index (χ1) is 10.2. The van der Waals surface area contributed by atoms with Gasteiger partial charge in [-0.1, -0.05) is 38.3 Å². The van der Waals surface area contributed by atoms with E-state index in [0.29, 0.717) is 6.54 Å². The van der Waals surface area contributed by atoms with Gasteiger partial charge in [-0.3, -0.25) is 10.1 Å². The molecule has 1 saturated carbocycles. The van der Waals surface area contributed by atoms with Crippen LogP contribution in [0.1, 0.15) is 51.0 Å². The summed E-state index contributed by atoms with van der Waals surface area (Å²) in [5.74, 6) is 0.412. The molecule has 1 aliphatic carbocycles. The zero-order valence-corrected chi connectivity index (χ0v) is 12.8. The summed E-state index contributed by atoms with van der Waals surface area (Å²) in [6.07, 6.45) is 6.18. The standard InChI is InChI=1S/C17H26N2O2/c1-2-12-18-16(21)17(10-4-3-5-11-17)19-13-14-6-8-15(20)9-7-14/h6-9,19-20H,2-5,10-13H2,1H3,(H,18,21). The van der Waals surface area contributed by atoms with Crippen molar-refractivity contribution in [1.29, 1.82) is 0 Å². The molecule has 0 spiro atoms. The second-order valence-electron chi connectivity index (χ2n) is 5.92. The largest absolute Gasteiger partial charge is 0.508 e. The number of rotatable bonds is 6. The quantitative estimate of drug-likeness (QED) is 0.755. The molecule has 4 heteroatoms. The van der Waals surface area contributed by atoms with E-state index in [0.717, 1.165) is 44.2 Å². The molecular formula is C17H26N2O2. The zero-order valence-electron chi connectivity index (χ0n) is 12.8. The second kappa shape index (κ2) is 7.46. The minimum Gasteiger partial charge on any atom is -0.508 e. The Morgan fingerprint density at radius 1 is 1.19 bits per heavy atom. The van der Waals surface area contributed by atoms with E-state index in [-0.39, 0.29) is 11.7 Å². The SMILES string of the molecule is CCCNC(=O)C1(NCc2ccc(O)cc2)CCCCC1. The van der Waals surface area contributed by atoms with E-state index in [1.54, 1.807) is 12.1 Å². The van der Waals surface area contributed by atoms with E-state index >= 15 is 0 Å². The van der Waals surface area contributed by atoms with Crippen LogP contribution in [0.15, 0.2) is 24.3 Å². The second-order valence-corrected chi connectivity index (χ2v) is 5.92. The fourth-order valence-corrected chi connectivity index (χ4v) is 2.93. The third-order valence-electron chi connectivity index (χ3n) is 4.24. The fourth-order valence-electron chi connectivity index (χ4n) is 2.93. The Balaban J connectivity index is 2.01. The molecule has 0 aliphatic heterocycles. The first-order valence-corrected chi connectivity index (χ1v) is 7.97. The van der Waals surface area contributed by atoms with Crippen molar-refractivity contribution in [2.45, 2.75) is 57.5 Å². The van der Waals surface area contributed by atoms with Crippen molar-refractivity contribution < 1.29 is 9.90 Å². The van der Waals surface area contributed by atoms with Gasteiger partial charge in [0.15, 0.2) is 0 Å². The van der Waals surface area contributed by atoms with Crippen LogP contribution >= 0.6 is 0 Å². The van der Waals surface area contributed by atoms with E-state index in [1.165, 1.54) is 6.42 Å². The van der Waals surface area contributed by atoms with Gasteiger partial charge in [-0.05, 0) is 37.0 Å². The number of carbonyl (C=O) groups excluding carboxylic acids is 1. The maximum absolute atomic E-state index is 12.5. The first-order valence-electron chi connectivity index (χ1n) is 7.97. The third kappa shape index (κ3) is 4.21. The van der Waals surface area contributed by atoms with Crippen LogP contribution in [0.2, 0.25) is 0 Å². The number of hydrogen-bond donors (Lipinski definition) is 3. The number of hydrogen-bond acceptors (Lipinski definition) is 3. The number of nitrogens with one attached hydrogen (secondary N) is 2. The lowest BCUT2D eigenvalue weighted by molar-refractivity contribution is -0.129. The molecule has 0 radical (unpaired) electrons. The summed E-state index contributed by atoms with van der Waals surface area (Å²) in [5, 5.41) is 15.9. The minimum atomic E-state index is -0.425. The molecule has 0 unspecified atom stereocenters. The van der Waals surface area contributed by atoms with Crippen molar-refractivity contribution in [3.8, 4) is 5.75 Å². The van der Waals surface area contributed by atoms with Crippen LogP contribution in [0.3, 0.4) is 0 Å². The topological polar surface area (TPSA) is 61.4 Å². The number of phenols is 1. The number of carbonyl (C=O) groups is 1. The van der Waals surface area contributed by atoms with E-state index in [4.69, 9.17) is 0 Å². The molecule has 0 atom stereocenters. The van der Waals surface area contributed by atoms with Crippen LogP contribution in [0.4, 0.5) is 0 Å². The lowest BCUT2D eigenvalue weighted by Gasteiger charge is -2.37.